The molecule has 1 aliphatic rings. The van der Waals surface area contributed by atoms with E-state index in [1.54, 1.807) is 6.92 Å². The SMILES string of the molecule is CCC(CO)C1(C(N)=O)N=C(c2ccc(C(F)(F)F)nc2)C=CC1=O. The molecule has 0 fully saturated rings. The van der Waals surface area contributed by atoms with E-state index >= 15 is 0 Å². The number of dihydropyridines is 1. The highest BCUT2D eigenvalue weighted by Crippen LogP contribution is 2.31. The lowest BCUT2D eigenvalue weighted by Gasteiger charge is -2.33. The second-order valence-corrected chi connectivity index (χ2v) is 5.54. The summed E-state index contributed by atoms with van der Waals surface area (Å²) in [7, 11) is 0. The fourth-order valence-electron chi connectivity index (χ4n) is 2.66. The fraction of sp³-hybridized carbons (Fsp3) is 0.375. The van der Waals surface area contributed by atoms with E-state index in [2.05, 4.69) is 9.98 Å². The Morgan fingerprint density at radius 3 is 2.48 bits per heavy atom. The largest absolute Gasteiger partial charge is 0.433 e. The second kappa shape index (κ2) is 6.75. The molecular weight excluding hydrogens is 339 g/mol. The molecular formula is C16H16F3N3O3. The highest BCUT2D eigenvalue weighted by atomic mass is 19.4. The Balaban J connectivity index is 2.53. The van der Waals surface area contributed by atoms with Gasteiger partial charge in [0, 0.05) is 24.3 Å². The van der Waals surface area contributed by atoms with Crippen LogP contribution in [0.3, 0.4) is 0 Å². The first-order valence-electron chi connectivity index (χ1n) is 7.43. The molecule has 2 atom stereocenters. The van der Waals surface area contributed by atoms with Crippen LogP contribution in [0.2, 0.25) is 0 Å². The Kier molecular flexibility index (Phi) is 5.07. The third-order valence-corrected chi connectivity index (χ3v) is 4.09. The molecule has 3 N–H and O–H groups in total. The van der Waals surface area contributed by atoms with Gasteiger partial charge in [-0.15, -0.1) is 0 Å². The summed E-state index contributed by atoms with van der Waals surface area (Å²) in [5, 5.41) is 9.50. The van der Waals surface area contributed by atoms with Crippen LogP contribution in [0.5, 0.6) is 0 Å². The molecule has 25 heavy (non-hydrogen) atoms. The van der Waals surface area contributed by atoms with Crippen LogP contribution in [0.25, 0.3) is 0 Å². The third-order valence-electron chi connectivity index (χ3n) is 4.09. The number of pyridine rings is 1. The number of aliphatic hydroxyl groups excluding tert-OH is 1. The molecule has 2 unspecified atom stereocenters. The number of aromatic nitrogens is 1. The zero-order valence-electron chi connectivity index (χ0n) is 13.2. The van der Waals surface area contributed by atoms with Crippen molar-refractivity contribution in [3.63, 3.8) is 0 Å². The molecule has 1 aromatic rings. The van der Waals surface area contributed by atoms with E-state index in [0.29, 0.717) is 0 Å². The lowest BCUT2D eigenvalue weighted by atomic mass is 9.77. The minimum atomic E-state index is -4.58. The monoisotopic (exact) mass is 355 g/mol. The second-order valence-electron chi connectivity index (χ2n) is 5.54. The molecule has 0 saturated heterocycles. The maximum atomic E-state index is 12.6. The Morgan fingerprint density at radius 1 is 1.36 bits per heavy atom. The average Bonchev–Trinajstić information content (AvgIpc) is 2.56. The van der Waals surface area contributed by atoms with E-state index in [4.69, 9.17) is 5.73 Å². The van der Waals surface area contributed by atoms with Gasteiger partial charge in [0.25, 0.3) is 5.91 Å². The van der Waals surface area contributed by atoms with Crippen molar-refractivity contribution in [2.75, 3.05) is 6.61 Å². The van der Waals surface area contributed by atoms with Gasteiger partial charge in [-0.25, -0.2) is 0 Å². The van der Waals surface area contributed by atoms with E-state index in [9.17, 15) is 27.9 Å². The first kappa shape index (κ1) is 18.8. The number of allylic oxidation sites excluding steroid dienone is 1. The summed E-state index contributed by atoms with van der Waals surface area (Å²) in [6, 6.07) is 1.91. The number of carbonyl (C=O) groups is 2. The smallest absolute Gasteiger partial charge is 0.396 e. The Bertz CT molecular complexity index is 737. The van der Waals surface area contributed by atoms with E-state index in [-0.39, 0.29) is 17.7 Å². The quantitative estimate of drug-likeness (QED) is 0.776. The van der Waals surface area contributed by atoms with E-state index in [1.165, 1.54) is 6.08 Å². The minimum absolute atomic E-state index is 0.0894. The van der Waals surface area contributed by atoms with Crippen LogP contribution in [0.15, 0.2) is 35.5 Å². The lowest BCUT2D eigenvalue weighted by molar-refractivity contribution is -0.141. The van der Waals surface area contributed by atoms with Gasteiger partial charge in [0.05, 0.1) is 5.71 Å². The van der Waals surface area contributed by atoms with Crippen molar-refractivity contribution < 1.29 is 27.9 Å². The van der Waals surface area contributed by atoms with Crippen molar-refractivity contribution in [3.8, 4) is 0 Å². The van der Waals surface area contributed by atoms with E-state index < -0.39 is 41.6 Å². The number of aliphatic hydroxyl groups is 1. The Labute approximate surface area is 141 Å². The summed E-state index contributed by atoms with van der Waals surface area (Å²) in [6.07, 6.45) is -1.02. The van der Waals surface area contributed by atoms with Crippen LogP contribution < -0.4 is 5.73 Å². The van der Waals surface area contributed by atoms with Crippen LogP contribution in [-0.4, -0.2) is 39.6 Å². The molecule has 0 spiro atoms. The van der Waals surface area contributed by atoms with Crippen molar-refractivity contribution >= 4 is 17.4 Å². The van der Waals surface area contributed by atoms with Crippen molar-refractivity contribution in [2.45, 2.75) is 25.1 Å². The van der Waals surface area contributed by atoms with Crippen LogP contribution in [0, 0.1) is 5.92 Å². The van der Waals surface area contributed by atoms with Crippen LogP contribution in [0.1, 0.15) is 24.6 Å². The maximum absolute atomic E-state index is 12.6. The normalized spacial score (nSPS) is 21.8. The summed E-state index contributed by atoms with van der Waals surface area (Å²) in [5.74, 6) is -2.55. The third kappa shape index (κ3) is 3.32. The van der Waals surface area contributed by atoms with Gasteiger partial charge < -0.3 is 10.8 Å². The van der Waals surface area contributed by atoms with E-state index in [0.717, 1.165) is 24.4 Å². The first-order valence-corrected chi connectivity index (χ1v) is 7.43. The minimum Gasteiger partial charge on any atom is -0.396 e. The lowest BCUT2D eigenvalue weighted by Crippen LogP contribution is -2.56. The molecule has 134 valence electrons. The topological polar surface area (TPSA) is 106 Å². The fourth-order valence-corrected chi connectivity index (χ4v) is 2.66. The number of nitrogens with zero attached hydrogens (tertiary/aromatic N) is 2. The summed E-state index contributed by atoms with van der Waals surface area (Å²) in [6.45, 7) is 1.16. The van der Waals surface area contributed by atoms with Crippen LogP contribution in [0.4, 0.5) is 13.2 Å². The average molecular weight is 355 g/mol. The zero-order valence-corrected chi connectivity index (χ0v) is 13.2. The number of amides is 1. The highest BCUT2D eigenvalue weighted by Gasteiger charge is 2.50. The number of hydrogen-bond acceptors (Lipinski definition) is 5. The number of carbonyl (C=O) groups excluding carboxylic acids is 2. The van der Waals surface area contributed by atoms with Gasteiger partial charge >= 0.3 is 6.18 Å². The van der Waals surface area contributed by atoms with Gasteiger partial charge in [-0.05, 0) is 30.7 Å². The predicted octanol–water partition coefficient (Wildman–Crippen LogP) is 1.27. The number of alkyl halides is 3. The maximum Gasteiger partial charge on any atom is 0.433 e. The summed E-state index contributed by atoms with van der Waals surface area (Å²) < 4.78 is 37.8. The first-order chi connectivity index (χ1) is 11.7. The number of primary amides is 1. The van der Waals surface area contributed by atoms with Gasteiger partial charge in [-0.1, -0.05) is 6.92 Å². The molecule has 6 nitrogen and oxygen atoms in total. The molecule has 2 rings (SSSR count). The van der Waals surface area contributed by atoms with Crippen LogP contribution in [-0.2, 0) is 15.8 Å². The summed E-state index contributed by atoms with van der Waals surface area (Å²) >= 11 is 0. The predicted molar refractivity (Wildman–Crippen MR) is 82.7 cm³/mol. The molecule has 0 aromatic carbocycles. The highest BCUT2D eigenvalue weighted by molar-refractivity contribution is 6.24. The number of aliphatic imine (C=N–C) groups is 1. The molecule has 0 aliphatic carbocycles. The Hall–Kier alpha value is -2.55. The number of ketones is 1. The van der Waals surface area contributed by atoms with Gasteiger partial charge in [-0.2, -0.15) is 13.2 Å². The summed E-state index contributed by atoms with van der Waals surface area (Å²) in [4.78, 5) is 31.8. The Morgan fingerprint density at radius 2 is 2.04 bits per heavy atom. The van der Waals surface area contributed by atoms with Crippen molar-refractivity contribution in [2.24, 2.45) is 16.6 Å². The number of hydrogen-bond donors (Lipinski definition) is 2. The molecule has 0 radical (unpaired) electrons. The van der Waals surface area contributed by atoms with Gasteiger partial charge in [0.15, 0.2) is 5.78 Å². The summed E-state index contributed by atoms with van der Waals surface area (Å²) in [5.41, 5.74) is 2.61. The van der Waals surface area contributed by atoms with Gasteiger partial charge in [0.1, 0.15) is 5.69 Å². The number of nitrogens with two attached hydrogens (primary N) is 1. The molecule has 2 heterocycles. The number of halogens is 3. The van der Waals surface area contributed by atoms with E-state index in [1.807, 2.05) is 0 Å². The van der Waals surface area contributed by atoms with Crippen LogP contribution >= 0.6 is 0 Å². The molecule has 1 aliphatic heterocycles. The van der Waals surface area contributed by atoms with Gasteiger partial charge in [-0.3, -0.25) is 19.6 Å². The molecule has 0 bridgehead atoms. The van der Waals surface area contributed by atoms with Crippen molar-refractivity contribution in [3.05, 3.63) is 41.7 Å². The standard InChI is InChI=1S/C16H16F3N3O3/c1-2-10(8-23)15(14(20)25)13(24)6-4-11(22-15)9-3-5-12(21-7-9)16(17,18)19/h3-7,10,23H,2,8H2,1H3,(H2,20,25). The van der Waals surface area contributed by atoms with Crippen molar-refractivity contribution in [1.29, 1.82) is 0 Å². The van der Waals surface area contributed by atoms with Gasteiger partial charge in [0.2, 0.25) is 5.54 Å². The molecule has 0 saturated carbocycles. The van der Waals surface area contributed by atoms with Crippen molar-refractivity contribution in [1.82, 2.24) is 4.98 Å². The molecule has 1 amide bonds. The zero-order chi connectivity index (χ0) is 18.8. The molecule has 9 heteroatoms. The number of rotatable bonds is 5. The molecule has 1 aromatic heterocycles.